The Morgan fingerprint density at radius 3 is 2.59 bits per heavy atom. The van der Waals surface area contributed by atoms with Gasteiger partial charge in [0.2, 0.25) is 5.91 Å². The zero-order chi connectivity index (χ0) is 18.6. The molecule has 0 spiro atoms. The van der Waals surface area contributed by atoms with Crippen molar-refractivity contribution in [3.63, 3.8) is 0 Å². The highest BCUT2D eigenvalue weighted by atomic mass is 16.1. The monoisotopic (exact) mass is 359 g/mol. The molecule has 138 valence electrons. The first kappa shape index (κ1) is 17.7. The summed E-state index contributed by atoms with van der Waals surface area (Å²) in [6, 6.07) is 18.6. The molecule has 1 amide bonds. The number of rotatable bonds is 5. The summed E-state index contributed by atoms with van der Waals surface area (Å²) in [5.74, 6) is -0.0619. The van der Waals surface area contributed by atoms with E-state index in [0.29, 0.717) is 5.92 Å². The molecule has 1 aliphatic rings. The molecule has 0 radical (unpaired) electrons. The Kier molecular flexibility index (Phi) is 5.16. The Morgan fingerprint density at radius 1 is 1.07 bits per heavy atom. The molecule has 2 heterocycles. The van der Waals surface area contributed by atoms with Crippen LogP contribution >= 0.6 is 0 Å². The summed E-state index contributed by atoms with van der Waals surface area (Å²) in [5, 5.41) is 2.40. The molecular formula is C23H25N3O. The Morgan fingerprint density at radius 2 is 1.85 bits per heavy atom. The Labute approximate surface area is 160 Å². The summed E-state index contributed by atoms with van der Waals surface area (Å²) in [6.07, 6.45) is 5.74. The first-order valence-corrected chi connectivity index (χ1v) is 9.60. The Bertz CT molecular complexity index is 917. The SMILES string of the molecule is NC(=O)C(c1ccccc1)C1CCN(Cc2ccc3cnccc3c2)CC1. The summed E-state index contributed by atoms with van der Waals surface area (Å²) in [7, 11) is 0. The second-order valence-corrected chi connectivity index (χ2v) is 7.46. The number of likely N-dealkylation sites (tertiary alicyclic amines) is 1. The third-order valence-corrected chi connectivity index (χ3v) is 5.68. The zero-order valence-electron chi connectivity index (χ0n) is 15.4. The summed E-state index contributed by atoms with van der Waals surface area (Å²) in [6.45, 7) is 2.93. The topological polar surface area (TPSA) is 59.2 Å². The fraction of sp³-hybridized carbons (Fsp3) is 0.304. The minimum Gasteiger partial charge on any atom is -0.369 e. The van der Waals surface area contributed by atoms with Crippen LogP contribution in [0.3, 0.4) is 0 Å². The second kappa shape index (κ2) is 7.89. The number of benzene rings is 2. The predicted molar refractivity (Wildman–Crippen MR) is 108 cm³/mol. The number of hydrogen-bond acceptors (Lipinski definition) is 3. The number of pyridine rings is 1. The maximum atomic E-state index is 12.1. The number of carbonyl (C=O) groups excluding carboxylic acids is 1. The van der Waals surface area contributed by atoms with Crippen molar-refractivity contribution in [3.05, 3.63) is 78.1 Å². The molecule has 0 bridgehead atoms. The minimum absolute atomic E-state index is 0.179. The highest BCUT2D eigenvalue weighted by molar-refractivity contribution is 5.82. The van der Waals surface area contributed by atoms with Crippen LogP contribution in [0.2, 0.25) is 0 Å². The molecule has 4 nitrogen and oxygen atoms in total. The lowest BCUT2D eigenvalue weighted by molar-refractivity contribution is -0.121. The van der Waals surface area contributed by atoms with E-state index >= 15 is 0 Å². The van der Waals surface area contributed by atoms with Gasteiger partial charge < -0.3 is 5.73 Å². The number of nitrogens with two attached hydrogens (primary N) is 1. The van der Waals surface area contributed by atoms with Crippen LogP contribution in [0.5, 0.6) is 0 Å². The van der Waals surface area contributed by atoms with Crippen molar-refractivity contribution >= 4 is 16.7 Å². The van der Waals surface area contributed by atoms with Crippen LogP contribution in [0, 0.1) is 5.92 Å². The summed E-state index contributed by atoms with van der Waals surface area (Å²) in [4.78, 5) is 18.7. The molecule has 1 fully saturated rings. The normalized spacial score (nSPS) is 17.0. The fourth-order valence-electron chi connectivity index (χ4n) is 4.26. The second-order valence-electron chi connectivity index (χ2n) is 7.46. The van der Waals surface area contributed by atoms with Crippen molar-refractivity contribution in [3.8, 4) is 0 Å². The van der Waals surface area contributed by atoms with Gasteiger partial charge in [-0.15, -0.1) is 0 Å². The number of fused-ring (bicyclic) bond motifs is 1. The molecule has 2 aromatic carbocycles. The summed E-state index contributed by atoms with van der Waals surface area (Å²) in [5.41, 5.74) is 8.12. The number of carbonyl (C=O) groups is 1. The number of aromatic nitrogens is 1. The quantitative estimate of drug-likeness (QED) is 0.755. The zero-order valence-corrected chi connectivity index (χ0v) is 15.4. The van der Waals surface area contributed by atoms with Crippen molar-refractivity contribution in [2.45, 2.75) is 25.3 Å². The molecule has 1 aromatic heterocycles. The van der Waals surface area contributed by atoms with E-state index in [1.165, 1.54) is 16.3 Å². The van der Waals surface area contributed by atoms with Gasteiger partial charge in [-0.05, 0) is 60.5 Å². The number of hydrogen-bond donors (Lipinski definition) is 1. The third kappa shape index (κ3) is 4.01. The van der Waals surface area contributed by atoms with E-state index in [0.717, 1.165) is 38.0 Å². The molecule has 0 aliphatic carbocycles. The summed E-state index contributed by atoms with van der Waals surface area (Å²) >= 11 is 0. The largest absolute Gasteiger partial charge is 0.369 e. The molecule has 4 rings (SSSR count). The molecule has 3 aromatic rings. The lowest BCUT2D eigenvalue weighted by atomic mass is 9.79. The van der Waals surface area contributed by atoms with Crippen LogP contribution in [0.1, 0.15) is 29.9 Å². The predicted octanol–water partition coefficient (Wildman–Crippen LogP) is 3.72. The first-order chi connectivity index (χ1) is 13.2. The standard InChI is InChI=1S/C23H25N3O/c24-23(27)22(18-4-2-1-3-5-18)19-9-12-26(13-10-19)16-17-6-7-21-15-25-11-8-20(21)14-17/h1-8,11,14-15,19,22H,9-10,12-13,16H2,(H2,24,27). The Balaban J connectivity index is 1.41. The van der Waals surface area contributed by atoms with E-state index in [2.05, 4.69) is 34.1 Å². The van der Waals surface area contributed by atoms with E-state index < -0.39 is 0 Å². The number of primary amides is 1. The van der Waals surface area contributed by atoms with Gasteiger partial charge in [-0.3, -0.25) is 14.7 Å². The highest BCUT2D eigenvalue weighted by Gasteiger charge is 2.31. The van der Waals surface area contributed by atoms with E-state index in [1.807, 2.05) is 42.7 Å². The van der Waals surface area contributed by atoms with E-state index in [9.17, 15) is 4.79 Å². The van der Waals surface area contributed by atoms with Gasteiger partial charge >= 0.3 is 0 Å². The van der Waals surface area contributed by atoms with Crippen molar-refractivity contribution in [2.75, 3.05) is 13.1 Å². The summed E-state index contributed by atoms with van der Waals surface area (Å²) < 4.78 is 0. The maximum absolute atomic E-state index is 12.1. The first-order valence-electron chi connectivity index (χ1n) is 9.60. The highest BCUT2D eigenvalue weighted by Crippen LogP contribution is 2.33. The van der Waals surface area contributed by atoms with Gasteiger partial charge in [-0.25, -0.2) is 0 Å². The fourth-order valence-corrected chi connectivity index (χ4v) is 4.26. The lowest BCUT2D eigenvalue weighted by Crippen LogP contribution is -2.38. The van der Waals surface area contributed by atoms with Gasteiger partial charge in [0, 0.05) is 24.3 Å². The number of amides is 1. The van der Waals surface area contributed by atoms with Crippen LogP contribution in [0.25, 0.3) is 10.8 Å². The van der Waals surface area contributed by atoms with Gasteiger partial charge in [0.25, 0.3) is 0 Å². The lowest BCUT2D eigenvalue weighted by Gasteiger charge is -2.35. The van der Waals surface area contributed by atoms with Gasteiger partial charge in [0.1, 0.15) is 0 Å². The van der Waals surface area contributed by atoms with E-state index in [4.69, 9.17) is 5.73 Å². The van der Waals surface area contributed by atoms with Crippen molar-refractivity contribution in [1.82, 2.24) is 9.88 Å². The molecule has 27 heavy (non-hydrogen) atoms. The Hall–Kier alpha value is -2.72. The van der Waals surface area contributed by atoms with Gasteiger partial charge in [0.15, 0.2) is 0 Å². The minimum atomic E-state index is -0.206. The molecule has 1 aliphatic heterocycles. The van der Waals surface area contributed by atoms with Crippen LogP contribution in [0.15, 0.2) is 67.0 Å². The molecule has 1 saturated heterocycles. The van der Waals surface area contributed by atoms with Crippen LogP contribution < -0.4 is 5.73 Å². The molecular weight excluding hydrogens is 334 g/mol. The third-order valence-electron chi connectivity index (χ3n) is 5.68. The van der Waals surface area contributed by atoms with Gasteiger partial charge in [0.05, 0.1) is 5.92 Å². The van der Waals surface area contributed by atoms with Crippen LogP contribution in [-0.2, 0) is 11.3 Å². The van der Waals surface area contributed by atoms with E-state index in [-0.39, 0.29) is 11.8 Å². The molecule has 0 saturated carbocycles. The smallest absolute Gasteiger partial charge is 0.225 e. The van der Waals surface area contributed by atoms with E-state index in [1.54, 1.807) is 0 Å². The average molecular weight is 359 g/mol. The molecule has 1 unspecified atom stereocenters. The maximum Gasteiger partial charge on any atom is 0.225 e. The number of nitrogens with zero attached hydrogens (tertiary/aromatic N) is 2. The molecule has 2 N–H and O–H groups in total. The van der Waals surface area contributed by atoms with Crippen LogP contribution in [-0.4, -0.2) is 28.9 Å². The molecule has 1 atom stereocenters. The van der Waals surface area contributed by atoms with Gasteiger partial charge in [-0.2, -0.15) is 0 Å². The van der Waals surface area contributed by atoms with Gasteiger partial charge in [-0.1, -0.05) is 42.5 Å². The average Bonchev–Trinajstić information content (AvgIpc) is 2.70. The van der Waals surface area contributed by atoms with Crippen molar-refractivity contribution in [2.24, 2.45) is 11.7 Å². The van der Waals surface area contributed by atoms with Crippen LogP contribution in [0.4, 0.5) is 0 Å². The number of piperidine rings is 1. The molecule has 4 heteroatoms. The van der Waals surface area contributed by atoms with Crippen molar-refractivity contribution < 1.29 is 4.79 Å². The van der Waals surface area contributed by atoms with Crippen molar-refractivity contribution in [1.29, 1.82) is 0 Å².